The molecule has 3 rings (SSSR count). The highest BCUT2D eigenvalue weighted by molar-refractivity contribution is 6.06. The minimum Gasteiger partial charge on any atom is -0.466 e. The van der Waals surface area contributed by atoms with Crippen LogP contribution in [0.1, 0.15) is 77.6 Å². The van der Waals surface area contributed by atoms with E-state index >= 15 is 0 Å². The first kappa shape index (κ1) is 18.2. The Kier molecular flexibility index (Phi) is 5.97. The van der Waals surface area contributed by atoms with Gasteiger partial charge in [0.25, 0.3) is 5.91 Å². The molecule has 1 aliphatic heterocycles. The summed E-state index contributed by atoms with van der Waals surface area (Å²) < 4.78 is 5.06. The van der Waals surface area contributed by atoms with Crippen LogP contribution in [0.5, 0.6) is 0 Å². The molecule has 140 valence electrons. The molecule has 0 spiro atoms. The zero-order valence-corrected chi connectivity index (χ0v) is 15.2. The number of hydrogen-bond acceptors (Lipinski definition) is 4. The van der Waals surface area contributed by atoms with Gasteiger partial charge in [-0.15, -0.1) is 0 Å². The molecule has 3 fully saturated rings. The zero-order valence-electron chi connectivity index (χ0n) is 15.2. The van der Waals surface area contributed by atoms with E-state index < -0.39 is 6.04 Å². The lowest BCUT2D eigenvalue weighted by molar-refractivity contribution is -0.147. The molecule has 0 bridgehead atoms. The smallest absolute Gasteiger partial charge is 0.327 e. The average molecular weight is 350 g/mol. The van der Waals surface area contributed by atoms with E-state index in [2.05, 4.69) is 0 Å². The maximum atomic E-state index is 13.1. The predicted octanol–water partition coefficient (Wildman–Crippen LogP) is 3.24. The molecule has 1 heterocycles. The van der Waals surface area contributed by atoms with E-state index in [1.165, 1.54) is 17.7 Å². The summed E-state index contributed by atoms with van der Waals surface area (Å²) in [6, 6.07) is -0.750. The third-order valence-electron chi connectivity index (χ3n) is 5.86. The molecule has 1 saturated heterocycles. The number of amides is 3. The Balaban J connectivity index is 1.81. The number of ether oxygens (including phenoxy) is 1. The fraction of sp³-hybridized carbons (Fsp3) is 0.842. The van der Waals surface area contributed by atoms with E-state index in [9.17, 15) is 14.4 Å². The third kappa shape index (κ3) is 3.82. The van der Waals surface area contributed by atoms with Crippen LogP contribution in [0.2, 0.25) is 0 Å². The molecule has 6 heteroatoms. The molecular formula is C19H30N2O4. The Morgan fingerprint density at radius 1 is 0.960 bits per heavy atom. The van der Waals surface area contributed by atoms with E-state index in [0.29, 0.717) is 6.61 Å². The molecule has 0 aromatic heterocycles. The highest BCUT2D eigenvalue weighted by Gasteiger charge is 2.51. The predicted molar refractivity (Wildman–Crippen MR) is 92.9 cm³/mol. The molecule has 0 radical (unpaired) electrons. The van der Waals surface area contributed by atoms with Crippen LogP contribution in [0.3, 0.4) is 0 Å². The van der Waals surface area contributed by atoms with Crippen molar-refractivity contribution in [1.29, 1.82) is 0 Å². The normalized spacial score (nSPS) is 26.4. The molecule has 0 N–H and O–H groups in total. The van der Waals surface area contributed by atoms with Gasteiger partial charge in [0, 0.05) is 12.1 Å². The molecule has 6 nitrogen and oxygen atoms in total. The summed E-state index contributed by atoms with van der Waals surface area (Å²) in [6.07, 6.45) is 10.3. The Labute approximate surface area is 149 Å². The van der Waals surface area contributed by atoms with Crippen LogP contribution in [0.25, 0.3) is 0 Å². The van der Waals surface area contributed by atoms with Crippen molar-refractivity contribution in [2.75, 3.05) is 6.61 Å². The topological polar surface area (TPSA) is 66.9 Å². The summed E-state index contributed by atoms with van der Waals surface area (Å²) in [5, 5.41) is 0. The lowest BCUT2D eigenvalue weighted by atomic mass is 9.93. The number of nitrogens with zero attached hydrogens (tertiary/aromatic N) is 2. The van der Waals surface area contributed by atoms with Gasteiger partial charge in [-0.05, 0) is 32.6 Å². The van der Waals surface area contributed by atoms with E-state index in [1.807, 2.05) is 0 Å². The van der Waals surface area contributed by atoms with Crippen molar-refractivity contribution in [2.24, 2.45) is 0 Å². The number of hydrogen-bond donors (Lipinski definition) is 0. The third-order valence-corrected chi connectivity index (χ3v) is 5.86. The minimum atomic E-state index is -0.670. The van der Waals surface area contributed by atoms with Crippen molar-refractivity contribution < 1.29 is 19.1 Å². The van der Waals surface area contributed by atoms with Crippen LogP contribution < -0.4 is 0 Å². The van der Waals surface area contributed by atoms with Crippen LogP contribution in [-0.4, -0.2) is 52.4 Å². The minimum absolute atomic E-state index is 0.00651. The Morgan fingerprint density at radius 3 is 2.08 bits per heavy atom. The monoisotopic (exact) mass is 350 g/mol. The average Bonchev–Trinajstić information content (AvgIpc) is 2.87. The van der Waals surface area contributed by atoms with Crippen LogP contribution in [-0.2, 0) is 14.3 Å². The lowest BCUT2D eigenvalue weighted by Gasteiger charge is -2.34. The molecule has 0 aromatic carbocycles. The molecule has 0 aromatic rings. The second-order valence-corrected chi connectivity index (χ2v) is 7.51. The summed E-state index contributed by atoms with van der Waals surface area (Å²) in [7, 11) is 0. The van der Waals surface area contributed by atoms with Gasteiger partial charge in [-0.1, -0.05) is 38.5 Å². The molecule has 2 aliphatic carbocycles. The van der Waals surface area contributed by atoms with Crippen molar-refractivity contribution in [3.8, 4) is 0 Å². The highest BCUT2D eigenvalue weighted by atomic mass is 16.5. The SMILES string of the molecule is CCOC(=O)CC1C(=O)N(C2CCCCC2)C(=O)N1C1CCCCC1. The van der Waals surface area contributed by atoms with E-state index in [-0.39, 0.29) is 36.4 Å². The van der Waals surface area contributed by atoms with E-state index in [0.717, 1.165) is 51.4 Å². The van der Waals surface area contributed by atoms with Gasteiger partial charge in [-0.3, -0.25) is 14.5 Å². The maximum Gasteiger partial charge on any atom is 0.327 e. The highest BCUT2D eigenvalue weighted by Crippen LogP contribution is 2.34. The second-order valence-electron chi connectivity index (χ2n) is 7.51. The molecule has 25 heavy (non-hydrogen) atoms. The van der Waals surface area contributed by atoms with Crippen LogP contribution in [0.4, 0.5) is 4.79 Å². The number of rotatable bonds is 5. The first-order valence-electron chi connectivity index (χ1n) is 9.94. The van der Waals surface area contributed by atoms with Gasteiger partial charge in [0.2, 0.25) is 0 Å². The Morgan fingerprint density at radius 2 is 1.52 bits per heavy atom. The van der Waals surface area contributed by atoms with E-state index in [4.69, 9.17) is 4.74 Å². The van der Waals surface area contributed by atoms with E-state index in [1.54, 1.807) is 11.8 Å². The molecular weight excluding hydrogens is 320 g/mol. The number of imide groups is 1. The van der Waals surface area contributed by atoms with Crippen LogP contribution in [0, 0.1) is 0 Å². The second kappa shape index (κ2) is 8.19. The van der Waals surface area contributed by atoms with Crippen LogP contribution >= 0.6 is 0 Å². The number of carbonyl (C=O) groups excluding carboxylic acids is 3. The van der Waals surface area contributed by atoms with Gasteiger partial charge in [0.1, 0.15) is 6.04 Å². The van der Waals surface area contributed by atoms with Gasteiger partial charge in [0.15, 0.2) is 0 Å². The zero-order chi connectivity index (χ0) is 17.8. The lowest BCUT2D eigenvalue weighted by Crippen LogP contribution is -2.46. The molecule has 3 aliphatic rings. The van der Waals surface area contributed by atoms with Gasteiger partial charge in [0.05, 0.1) is 13.0 Å². The summed E-state index contributed by atoms with van der Waals surface area (Å²) in [6.45, 7) is 2.05. The number of urea groups is 1. The summed E-state index contributed by atoms with van der Waals surface area (Å²) >= 11 is 0. The van der Waals surface area contributed by atoms with Crippen LogP contribution in [0.15, 0.2) is 0 Å². The van der Waals surface area contributed by atoms with Crippen molar-refractivity contribution in [3.63, 3.8) is 0 Å². The number of carbonyl (C=O) groups is 3. The molecule has 3 amide bonds. The molecule has 1 unspecified atom stereocenters. The van der Waals surface area contributed by atoms with Gasteiger partial charge in [-0.2, -0.15) is 0 Å². The van der Waals surface area contributed by atoms with Gasteiger partial charge >= 0.3 is 12.0 Å². The van der Waals surface area contributed by atoms with Gasteiger partial charge in [-0.25, -0.2) is 4.79 Å². The fourth-order valence-electron chi connectivity index (χ4n) is 4.64. The molecule has 1 atom stereocenters. The van der Waals surface area contributed by atoms with Crippen molar-refractivity contribution in [1.82, 2.24) is 9.80 Å². The first-order chi connectivity index (χ1) is 12.1. The van der Waals surface area contributed by atoms with Crippen molar-refractivity contribution in [2.45, 2.75) is 95.7 Å². The molecule has 2 saturated carbocycles. The summed E-state index contributed by atoms with van der Waals surface area (Å²) in [4.78, 5) is 41.5. The number of esters is 1. The summed E-state index contributed by atoms with van der Waals surface area (Å²) in [5.74, 6) is -0.574. The Bertz CT molecular complexity index is 510. The fourth-order valence-corrected chi connectivity index (χ4v) is 4.64. The van der Waals surface area contributed by atoms with Crippen molar-refractivity contribution in [3.05, 3.63) is 0 Å². The van der Waals surface area contributed by atoms with Crippen molar-refractivity contribution >= 4 is 17.9 Å². The van der Waals surface area contributed by atoms with Gasteiger partial charge < -0.3 is 9.64 Å². The Hall–Kier alpha value is -1.59. The maximum absolute atomic E-state index is 13.1. The standard InChI is InChI=1S/C19H30N2O4/c1-2-25-17(22)13-16-18(23)21(15-11-7-4-8-12-15)19(24)20(16)14-9-5-3-6-10-14/h14-16H,2-13H2,1H3. The first-order valence-corrected chi connectivity index (χ1v) is 9.94. The largest absolute Gasteiger partial charge is 0.466 e. The summed E-state index contributed by atoms with van der Waals surface area (Å²) in [5.41, 5.74) is 0. The quantitative estimate of drug-likeness (QED) is 0.564.